The maximum atomic E-state index is 11.6. The number of nitrogens with zero attached hydrogens (tertiary/aromatic N) is 2. The Kier molecular flexibility index (Phi) is 10.2. The number of aliphatic hydroxyl groups excluding tert-OH is 2. The van der Waals surface area contributed by atoms with Gasteiger partial charge in [-0.1, -0.05) is 30.3 Å². The van der Waals surface area contributed by atoms with Gasteiger partial charge in [0.1, 0.15) is 18.5 Å². The molecule has 0 aliphatic rings. The number of nitrogens with one attached hydrogen (secondary N) is 1. The third kappa shape index (κ3) is 7.06. The van der Waals surface area contributed by atoms with Crippen molar-refractivity contribution in [3.63, 3.8) is 0 Å². The first kappa shape index (κ1) is 29.5. The quantitative estimate of drug-likeness (QED) is 0.241. The van der Waals surface area contributed by atoms with Crippen molar-refractivity contribution in [2.75, 3.05) is 18.5 Å². The number of hydrogen-bond acceptors (Lipinski definition) is 7. The molecule has 0 fully saturated rings. The van der Waals surface area contributed by atoms with Crippen molar-refractivity contribution in [2.24, 2.45) is 0 Å². The van der Waals surface area contributed by atoms with E-state index in [0.717, 1.165) is 49.4 Å². The Bertz CT molecular complexity index is 1490. The van der Waals surface area contributed by atoms with Crippen LogP contribution in [0, 0.1) is 20.8 Å². The van der Waals surface area contributed by atoms with E-state index >= 15 is 0 Å². The van der Waals surface area contributed by atoms with E-state index in [1.54, 1.807) is 0 Å². The molecular weight excluding hydrogens is 497 g/mol. The maximum absolute atomic E-state index is 11.6. The van der Waals surface area contributed by atoms with Gasteiger partial charge >= 0.3 is 35.3 Å². The maximum Gasteiger partial charge on any atom is 1.00 e. The Balaban J connectivity index is 0.00000400. The Morgan fingerprint density at radius 3 is 2.42 bits per heavy atom. The molecule has 0 unspecified atom stereocenters. The fourth-order valence-corrected chi connectivity index (χ4v) is 4.12. The van der Waals surface area contributed by atoms with Gasteiger partial charge in [0.2, 0.25) is 0 Å². The summed E-state index contributed by atoms with van der Waals surface area (Å²) in [5, 5.41) is 22.0. The van der Waals surface area contributed by atoms with Crippen LogP contribution in [0.4, 0.5) is 5.69 Å². The summed E-state index contributed by atoms with van der Waals surface area (Å²) < 4.78 is 11.4. The van der Waals surface area contributed by atoms with Crippen molar-refractivity contribution >= 4 is 5.69 Å². The van der Waals surface area contributed by atoms with E-state index in [9.17, 15) is 14.7 Å². The summed E-state index contributed by atoms with van der Waals surface area (Å²) >= 11 is 0. The predicted molar refractivity (Wildman–Crippen MR) is 140 cm³/mol. The monoisotopic (exact) mass is 527 g/mol. The first-order valence-electron chi connectivity index (χ1n) is 11.9. The molecule has 0 aliphatic heterocycles. The standard InChI is InChI=1S/C28H31N3O6.Na/c1-17-12-26(36-16-23(33)15-32)18(2)11-25(17)24-6-4-5-21(19(24)3)13-29-22-9-7-20(8-10-22)14-31-27(34)30-28(35)37-31;/h4-12,23,29,32-33H,13-16H2,1-3H3,(H,30,34,35);/q;+1/p-1/t23-;/m0./s1. The molecule has 9 nitrogen and oxygen atoms in total. The summed E-state index contributed by atoms with van der Waals surface area (Å²) in [6.45, 7) is 6.56. The van der Waals surface area contributed by atoms with Gasteiger partial charge in [0.05, 0.1) is 6.61 Å². The Hall–Kier alpha value is -3.08. The van der Waals surface area contributed by atoms with E-state index in [-0.39, 0.29) is 49.3 Å². The Morgan fingerprint density at radius 2 is 1.76 bits per heavy atom. The number of aromatic nitrogens is 2. The number of hydrogen-bond donors (Lipinski definition) is 3. The van der Waals surface area contributed by atoms with Crippen LogP contribution < -0.4 is 56.0 Å². The van der Waals surface area contributed by atoms with E-state index in [0.29, 0.717) is 12.3 Å². The molecule has 3 aromatic carbocycles. The fourth-order valence-electron chi connectivity index (χ4n) is 4.12. The first-order valence-corrected chi connectivity index (χ1v) is 11.9. The van der Waals surface area contributed by atoms with Gasteiger partial charge in [0, 0.05) is 18.8 Å². The molecule has 0 saturated heterocycles. The van der Waals surface area contributed by atoms with E-state index in [1.807, 2.05) is 50.2 Å². The first-order chi connectivity index (χ1) is 17.7. The van der Waals surface area contributed by atoms with Gasteiger partial charge in [-0.3, -0.25) is 9.53 Å². The molecule has 4 rings (SSSR count). The summed E-state index contributed by atoms with van der Waals surface area (Å²) in [6, 6.07) is 17.8. The van der Waals surface area contributed by atoms with Crippen LogP contribution in [0.15, 0.2) is 68.7 Å². The summed E-state index contributed by atoms with van der Waals surface area (Å²) in [6.07, 6.45) is -0.910. The molecule has 0 amide bonds. The van der Waals surface area contributed by atoms with Crippen molar-refractivity contribution in [2.45, 2.75) is 40.0 Å². The number of ether oxygens (including phenoxy) is 1. The topological polar surface area (TPSA) is 128 Å². The van der Waals surface area contributed by atoms with Crippen molar-refractivity contribution in [1.82, 2.24) is 9.72 Å². The normalized spacial score (nSPS) is 11.6. The Labute approximate surface area is 242 Å². The molecule has 0 bridgehead atoms. The smallest absolute Gasteiger partial charge is 0.491 e. The van der Waals surface area contributed by atoms with Crippen LogP contribution >= 0.6 is 0 Å². The number of aliphatic hydroxyl groups is 2. The van der Waals surface area contributed by atoms with Gasteiger partial charge in [0.25, 0.3) is 0 Å². The minimum atomic E-state index is -0.910. The SMILES string of the molecule is Cc1cc(-c2cccc(CNc3ccc(Cn4oc(=O)[n-]c4=O)cc3)c2C)c(C)cc1OC[C@@H](O)CO.[Na+]. The van der Waals surface area contributed by atoms with Crippen LogP contribution in [0.3, 0.4) is 0 Å². The molecule has 1 atom stereocenters. The molecule has 0 spiro atoms. The van der Waals surface area contributed by atoms with E-state index < -0.39 is 17.5 Å². The summed E-state index contributed by atoms with van der Waals surface area (Å²) in [5.41, 5.74) is 7.60. The van der Waals surface area contributed by atoms with Crippen LogP contribution in [0.5, 0.6) is 5.75 Å². The van der Waals surface area contributed by atoms with Crippen molar-refractivity contribution in [1.29, 1.82) is 0 Å². The molecular formula is C28H30N3NaO6. The van der Waals surface area contributed by atoms with Gasteiger partial charge in [-0.05, 0) is 84.0 Å². The zero-order valence-electron chi connectivity index (χ0n) is 22.0. The van der Waals surface area contributed by atoms with Gasteiger partial charge in [-0.25, -0.2) is 4.79 Å². The van der Waals surface area contributed by atoms with Crippen molar-refractivity contribution in [3.8, 4) is 16.9 Å². The number of benzene rings is 3. The van der Waals surface area contributed by atoms with E-state index in [4.69, 9.17) is 14.4 Å². The molecule has 0 aliphatic carbocycles. The summed E-state index contributed by atoms with van der Waals surface area (Å²) in [4.78, 5) is 25.9. The van der Waals surface area contributed by atoms with Crippen LogP contribution in [0.1, 0.15) is 27.8 Å². The van der Waals surface area contributed by atoms with Crippen molar-refractivity contribution < 1.29 is 49.0 Å². The van der Waals surface area contributed by atoms with Crippen LogP contribution in [-0.4, -0.2) is 34.3 Å². The zero-order valence-corrected chi connectivity index (χ0v) is 24.0. The van der Waals surface area contributed by atoms with Gasteiger partial charge in [0.15, 0.2) is 5.69 Å². The van der Waals surface area contributed by atoms with Crippen LogP contribution in [0.25, 0.3) is 11.1 Å². The molecule has 0 radical (unpaired) electrons. The molecule has 0 saturated carbocycles. The third-order valence-corrected chi connectivity index (χ3v) is 6.25. The molecule has 3 N–H and O–H groups in total. The minimum Gasteiger partial charge on any atom is -0.491 e. The zero-order chi connectivity index (χ0) is 26.5. The molecule has 1 aromatic heterocycles. The minimum absolute atomic E-state index is 0. The Morgan fingerprint density at radius 1 is 1.03 bits per heavy atom. The van der Waals surface area contributed by atoms with Crippen LogP contribution in [-0.2, 0) is 13.1 Å². The average Bonchev–Trinajstić information content (AvgIpc) is 3.20. The second kappa shape index (κ2) is 13.1. The van der Waals surface area contributed by atoms with Crippen LogP contribution in [0.2, 0.25) is 0 Å². The number of aryl methyl sites for hydroxylation is 2. The number of anilines is 1. The molecule has 38 heavy (non-hydrogen) atoms. The third-order valence-electron chi connectivity index (χ3n) is 6.25. The largest absolute Gasteiger partial charge is 1.00 e. The van der Waals surface area contributed by atoms with Gasteiger partial charge < -0.3 is 29.8 Å². The summed E-state index contributed by atoms with van der Waals surface area (Å²) in [5.74, 6) is -0.206. The fraction of sp³-hybridized carbons (Fsp3) is 0.286. The second-order valence-electron chi connectivity index (χ2n) is 9.01. The van der Waals surface area contributed by atoms with Crippen molar-refractivity contribution in [3.05, 3.63) is 103 Å². The second-order valence-corrected chi connectivity index (χ2v) is 9.01. The number of rotatable bonds is 10. The average molecular weight is 528 g/mol. The predicted octanol–water partition coefficient (Wildman–Crippen LogP) is -0.253. The molecule has 194 valence electrons. The van der Waals surface area contributed by atoms with E-state index in [1.165, 1.54) is 0 Å². The van der Waals surface area contributed by atoms with Gasteiger partial charge in [-0.15, -0.1) is 0 Å². The molecule has 4 aromatic rings. The molecule has 10 heteroatoms. The molecule has 1 heterocycles. The summed E-state index contributed by atoms with van der Waals surface area (Å²) in [7, 11) is 0. The van der Waals surface area contributed by atoms with E-state index in [2.05, 4.69) is 35.4 Å². The van der Waals surface area contributed by atoms with Gasteiger partial charge in [-0.2, -0.15) is 0 Å².